The Morgan fingerprint density at radius 2 is 2.30 bits per heavy atom. The van der Waals surface area contributed by atoms with Crippen LogP contribution >= 0.6 is 11.6 Å². The molecule has 0 aromatic heterocycles. The summed E-state index contributed by atoms with van der Waals surface area (Å²) >= 11 is 6.23. The number of nitrogens with one attached hydrogen (secondary N) is 1. The van der Waals surface area contributed by atoms with E-state index in [4.69, 9.17) is 22.2 Å². The van der Waals surface area contributed by atoms with Crippen molar-refractivity contribution in [1.82, 2.24) is 5.43 Å². The molecule has 20 heavy (non-hydrogen) atoms. The van der Waals surface area contributed by atoms with Crippen LogP contribution in [0, 0.1) is 11.8 Å². The molecule has 1 heterocycles. The van der Waals surface area contributed by atoms with Gasteiger partial charge >= 0.3 is 0 Å². The van der Waals surface area contributed by atoms with Crippen molar-refractivity contribution in [2.45, 2.75) is 45.1 Å². The van der Waals surface area contributed by atoms with Crippen LogP contribution in [-0.2, 0) is 12.8 Å². The van der Waals surface area contributed by atoms with Crippen LogP contribution in [0.5, 0.6) is 5.75 Å². The molecule has 3 atom stereocenters. The second-order valence-electron chi connectivity index (χ2n) is 6.31. The van der Waals surface area contributed by atoms with Crippen LogP contribution < -0.4 is 16.0 Å². The minimum absolute atomic E-state index is 0.312. The number of halogens is 1. The molecule has 1 aromatic rings. The van der Waals surface area contributed by atoms with Crippen molar-refractivity contribution in [3.05, 3.63) is 28.3 Å². The molecule has 110 valence electrons. The lowest BCUT2D eigenvalue weighted by Crippen LogP contribution is -2.41. The van der Waals surface area contributed by atoms with E-state index < -0.39 is 0 Å². The fraction of sp³-hybridized carbons (Fsp3) is 0.625. The van der Waals surface area contributed by atoms with Gasteiger partial charge in [0.25, 0.3) is 0 Å². The van der Waals surface area contributed by atoms with Crippen LogP contribution in [-0.4, -0.2) is 12.6 Å². The molecule has 3 N–H and O–H groups in total. The predicted molar refractivity (Wildman–Crippen MR) is 82.0 cm³/mol. The van der Waals surface area contributed by atoms with Crippen LogP contribution in [0.4, 0.5) is 0 Å². The third-order valence-electron chi connectivity index (χ3n) is 4.78. The lowest BCUT2D eigenvalue weighted by atomic mass is 9.91. The highest BCUT2D eigenvalue weighted by Gasteiger charge is 2.29. The molecule has 0 spiro atoms. The molecule has 4 heteroatoms. The molecule has 0 radical (unpaired) electrons. The fourth-order valence-electron chi connectivity index (χ4n) is 3.71. The minimum Gasteiger partial charge on any atom is -0.493 e. The normalized spacial score (nSPS) is 26.4. The Balaban J connectivity index is 1.79. The Morgan fingerprint density at radius 1 is 1.45 bits per heavy atom. The quantitative estimate of drug-likeness (QED) is 0.663. The average molecular weight is 295 g/mol. The first kappa shape index (κ1) is 14.2. The topological polar surface area (TPSA) is 47.3 Å². The van der Waals surface area contributed by atoms with Crippen LogP contribution in [0.15, 0.2) is 12.1 Å². The van der Waals surface area contributed by atoms with Gasteiger partial charge in [-0.1, -0.05) is 24.9 Å². The van der Waals surface area contributed by atoms with E-state index in [0.717, 1.165) is 36.1 Å². The number of rotatable bonds is 4. The molecular formula is C16H23ClN2O. The van der Waals surface area contributed by atoms with Gasteiger partial charge in [0.2, 0.25) is 0 Å². The molecule has 3 unspecified atom stereocenters. The second-order valence-corrected chi connectivity index (χ2v) is 6.74. The average Bonchev–Trinajstić information content (AvgIpc) is 3.04. The van der Waals surface area contributed by atoms with Gasteiger partial charge < -0.3 is 4.74 Å². The van der Waals surface area contributed by atoms with Gasteiger partial charge in [-0.2, -0.15) is 0 Å². The summed E-state index contributed by atoms with van der Waals surface area (Å²) in [6.45, 7) is 3.09. The number of hydrogen-bond acceptors (Lipinski definition) is 3. The van der Waals surface area contributed by atoms with Gasteiger partial charge in [0, 0.05) is 17.5 Å². The molecule has 2 aliphatic rings. The zero-order valence-corrected chi connectivity index (χ0v) is 12.7. The number of benzene rings is 1. The van der Waals surface area contributed by atoms with Gasteiger partial charge in [-0.15, -0.1) is 0 Å². The lowest BCUT2D eigenvalue weighted by Gasteiger charge is -2.24. The molecule has 0 amide bonds. The fourth-order valence-corrected chi connectivity index (χ4v) is 3.98. The molecule has 0 bridgehead atoms. The molecule has 1 aliphatic carbocycles. The third kappa shape index (κ3) is 2.80. The minimum atomic E-state index is 0.312. The monoisotopic (exact) mass is 294 g/mol. The standard InChI is InChI=1S/C16H23ClN2O/c1-10-2-3-11(6-10)15(19-18)9-13-8-14(17)7-12-4-5-20-16(12)13/h7-8,10-11,15,19H,2-6,9,18H2,1H3. The van der Waals surface area contributed by atoms with Gasteiger partial charge in [0.05, 0.1) is 6.61 Å². The van der Waals surface area contributed by atoms with E-state index in [2.05, 4.69) is 12.3 Å². The Morgan fingerprint density at radius 3 is 3.00 bits per heavy atom. The van der Waals surface area contributed by atoms with Crippen LogP contribution in [0.2, 0.25) is 5.02 Å². The summed E-state index contributed by atoms with van der Waals surface area (Å²) in [5, 5.41) is 0.805. The summed E-state index contributed by atoms with van der Waals surface area (Å²) in [7, 11) is 0. The smallest absolute Gasteiger partial charge is 0.125 e. The SMILES string of the molecule is CC1CCC(C(Cc2cc(Cl)cc3c2OCC3)NN)C1. The number of fused-ring (bicyclic) bond motifs is 1. The molecular weight excluding hydrogens is 272 g/mol. The van der Waals surface area contributed by atoms with Gasteiger partial charge in [-0.3, -0.25) is 11.3 Å². The molecule has 3 nitrogen and oxygen atoms in total. The molecule has 1 saturated carbocycles. The predicted octanol–water partition coefficient (Wildman–Crippen LogP) is 3.09. The molecule has 0 saturated heterocycles. The van der Waals surface area contributed by atoms with Crippen molar-refractivity contribution in [3.63, 3.8) is 0 Å². The Labute approximate surface area is 125 Å². The summed E-state index contributed by atoms with van der Waals surface area (Å²) in [5.41, 5.74) is 5.47. The molecule has 1 aliphatic heterocycles. The summed E-state index contributed by atoms with van der Waals surface area (Å²) in [6.07, 6.45) is 5.70. The number of ether oxygens (including phenoxy) is 1. The summed E-state index contributed by atoms with van der Waals surface area (Å²) in [6, 6.07) is 4.37. The Kier molecular flexibility index (Phi) is 4.20. The first-order valence-corrected chi connectivity index (χ1v) is 7.95. The van der Waals surface area contributed by atoms with E-state index in [9.17, 15) is 0 Å². The van der Waals surface area contributed by atoms with E-state index in [1.807, 2.05) is 12.1 Å². The van der Waals surface area contributed by atoms with Gasteiger partial charge in [-0.25, -0.2) is 0 Å². The Hall–Kier alpha value is -0.770. The van der Waals surface area contributed by atoms with Crippen molar-refractivity contribution in [2.75, 3.05) is 6.61 Å². The van der Waals surface area contributed by atoms with E-state index in [0.29, 0.717) is 12.0 Å². The lowest BCUT2D eigenvalue weighted by molar-refractivity contribution is 0.334. The highest BCUT2D eigenvalue weighted by molar-refractivity contribution is 6.30. The van der Waals surface area contributed by atoms with Crippen LogP contribution in [0.25, 0.3) is 0 Å². The van der Waals surface area contributed by atoms with Crippen molar-refractivity contribution in [1.29, 1.82) is 0 Å². The maximum absolute atomic E-state index is 6.23. The van der Waals surface area contributed by atoms with Crippen molar-refractivity contribution < 1.29 is 4.74 Å². The number of nitrogens with two attached hydrogens (primary N) is 1. The largest absolute Gasteiger partial charge is 0.493 e. The van der Waals surface area contributed by atoms with E-state index in [1.54, 1.807) is 0 Å². The maximum atomic E-state index is 6.23. The summed E-state index contributed by atoms with van der Waals surface area (Å²) in [5.74, 6) is 8.32. The third-order valence-corrected chi connectivity index (χ3v) is 5.00. The van der Waals surface area contributed by atoms with Crippen molar-refractivity contribution >= 4 is 11.6 Å². The zero-order valence-electron chi connectivity index (χ0n) is 12.0. The highest BCUT2D eigenvalue weighted by atomic mass is 35.5. The number of hydrogen-bond donors (Lipinski definition) is 2. The highest BCUT2D eigenvalue weighted by Crippen LogP contribution is 2.37. The first-order valence-electron chi connectivity index (χ1n) is 7.57. The van der Waals surface area contributed by atoms with Crippen molar-refractivity contribution in [2.24, 2.45) is 17.7 Å². The van der Waals surface area contributed by atoms with Crippen molar-refractivity contribution in [3.8, 4) is 5.75 Å². The van der Waals surface area contributed by atoms with E-state index in [-0.39, 0.29) is 0 Å². The Bertz CT molecular complexity index is 492. The van der Waals surface area contributed by atoms with Gasteiger partial charge in [0.15, 0.2) is 0 Å². The first-order chi connectivity index (χ1) is 9.67. The molecule has 1 aromatic carbocycles. The van der Waals surface area contributed by atoms with Crippen LogP contribution in [0.3, 0.4) is 0 Å². The zero-order chi connectivity index (χ0) is 14.1. The van der Waals surface area contributed by atoms with Gasteiger partial charge in [0.1, 0.15) is 5.75 Å². The summed E-state index contributed by atoms with van der Waals surface area (Å²) < 4.78 is 5.79. The molecule has 1 fully saturated rings. The second kappa shape index (κ2) is 5.92. The molecule has 3 rings (SSSR count). The summed E-state index contributed by atoms with van der Waals surface area (Å²) in [4.78, 5) is 0. The van der Waals surface area contributed by atoms with E-state index >= 15 is 0 Å². The number of hydrazine groups is 1. The van der Waals surface area contributed by atoms with E-state index in [1.165, 1.54) is 30.4 Å². The van der Waals surface area contributed by atoms with Gasteiger partial charge in [-0.05, 0) is 54.4 Å². The maximum Gasteiger partial charge on any atom is 0.125 e. The van der Waals surface area contributed by atoms with Crippen LogP contribution in [0.1, 0.15) is 37.3 Å².